The van der Waals surface area contributed by atoms with Crippen molar-refractivity contribution < 1.29 is 20.1 Å². The van der Waals surface area contributed by atoms with E-state index in [-0.39, 0.29) is 17.2 Å². The second-order valence-corrected chi connectivity index (χ2v) is 7.75. The Morgan fingerprint density at radius 2 is 1.16 bits per heavy atom. The number of hydrogen-bond donors (Lipinski definition) is 3. The molecule has 0 aliphatic heterocycles. The summed E-state index contributed by atoms with van der Waals surface area (Å²) < 4.78 is 6.23. The van der Waals surface area contributed by atoms with Gasteiger partial charge < -0.3 is 25.0 Å². The van der Waals surface area contributed by atoms with Crippen molar-refractivity contribution in [3.63, 3.8) is 0 Å². The van der Waals surface area contributed by atoms with Crippen molar-refractivity contribution >= 4 is 17.1 Å². The van der Waals surface area contributed by atoms with E-state index < -0.39 is 0 Å². The zero-order valence-electron chi connectivity index (χ0n) is 18.2. The van der Waals surface area contributed by atoms with E-state index in [1.54, 1.807) is 37.3 Å². The Balaban J connectivity index is 1.89. The van der Waals surface area contributed by atoms with Crippen molar-refractivity contribution in [2.75, 3.05) is 4.90 Å². The van der Waals surface area contributed by atoms with E-state index in [1.807, 2.05) is 67.3 Å². The molecule has 0 saturated heterocycles. The molecular weight excluding hydrogens is 402 g/mol. The molecule has 0 atom stereocenters. The van der Waals surface area contributed by atoms with Gasteiger partial charge in [-0.25, -0.2) is 0 Å². The third-order valence-corrected chi connectivity index (χ3v) is 5.48. The normalized spacial score (nSPS) is 10.7. The van der Waals surface area contributed by atoms with Crippen LogP contribution in [0.3, 0.4) is 0 Å². The molecule has 32 heavy (non-hydrogen) atoms. The van der Waals surface area contributed by atoms with Gasteiger partial charge in [0.2, 0.25) is 0 Å². The van der Waals surface area contributed by atoms with Gasteiger partial charge in [-0.3, -0.25) is 0 Å². The SMILES string of the molecule is Cc1ccc(N(c2ccc(C)c(O)c2)c2ccccc2Oc2cccc(O)c2C)cc1O. The van der Waals surface area contributed by atoms with Crippen molar-refractivity contribution in [2.45, 2.75) is 20.8 Å². The van der Waals surface area contributed by atoms with Gasteiger partial charge in [-0.2, -0.15) is 0 Å². The van der Waals surface area contributed by atoms with Crippen LogP contribution in [0.2, 0.25) is 0 Å². The van der Waals surface area contributed by atoms with E-state index in [2.05, 4.69) is 0 Å². The number of phenols is 3. The first-order valence-electron chi connectivity index (χ1n) is 10.3. The summed E-state index contributed by atoms with van der Waals surface area (Å²) >= 11 is 0. The van der Waals surface area contributed by atoms with Crippen LogP contribution in [0.4, 0.5) is 17.1 Å². The Bertz CT molecular complexity index is 1230. The molecular formula is C27H25NO4. The van der Waals surface area contributed by atoms with Crippen LogP contribution in [0.1, 0.15) is 16.7 Å². The Morgan fingerprint density at radius 1 is 0.594 bits per heavy atom. The van der Waals surface area contributed by atoms with Crippen LogP contribution in [0, 0.1) is 20.8 Å². The molecule has 4 aromatic carbocycles. The zero-order chi connectivity index (χ0) is 22.8. The lowest BCUT2D eigenvalue weighted by Crippen LogP contribution is -2.11. The first-order chi connectivity index (χ1) is 15.3. The lowest BCUT2D eigenvalue weighted by molar-refractivity contribution is 0.448. The molecule has 0 unspecified atom stereocenters. The molecule has 0 fully saturated rings. The Kier molecular flexibility index (Phi) is 5.65. The third kappa shape index (κ3) is 4.05. The van der Waals surface area contributed by atoms with E-state index in [0.29, 0.717) is 34.1 Å². The molecule has 0 heterocycles. The van der Waals surface area contributed by atoms with Crippen molar-refractivity contribution in [1.82, 2.24) is 0 Å². The van der Waals surface area contributed by atoms with Gasteiger partial charge in [0.05, 0.1) is 5.69 Å². The average molecular weight is 428 g/mol. The summed E-state index contributed by atoms with van der Waals surface area (Å²) in [6.45, 7) is 5.47. The fourth-order valence-electron chi connectivity index (χ4n) is 3.46. The molecule has 4 aromatic rings. The number of para-hydroxylation sites is 2. The summed E-state index contributed by atoms with van der Waals surface area (Å²) in [5.74, 6) is 1.60. The molecule has 0 aromatic heterocycles. The Morgan fingerprint density at radius 3 is 1.75 bits per heavy atom. The van der Waals surface area contributed by atoms with Gasteiger partial charge in [0.1, 0.15) is 23.0 Å². The largest absolute Gasteiger partial charge is 0.508 e. The molecule has 4 rings (SSSR count). The summed E-state index contributed by atoms with van der Waals surface area (Å²) in [4.78, 5) is 1.91. The van der Waals surface area contributed by atoms with E-state index in [1.165, 1.54) is 0 Å². The van der Waals surface area contributed by atoms with Crippen LogP contribution < -0.4 is 9.64 Å². The fourth-order valence-corrected chi connectivity index (χ4v) is 3.46. The maximum absolute atomic E-state index is 10.4. The minimum Gasteiger partial charge on any atom is -0.508 e. The average Bonchev–Trinajstić information content (AvgIpc) is 2.77. The number of hydrogen-bond acceptors (Lipinski definition) is 5. The standard InChI is InChI=1S/C27H25NO4/c1-17-11-13-20(15-24(17)30)28(21-14-12-18(2)25(31)16-21)22-7-4-5-9-27(22)32-26-10-6-8-23(29)19(26)3/h4-16,29-31H,1-3H3. The molecule has 0 radical (unpaired) electrons. The predicted molar refractivity (Wildman–Crippen MR) is 127 cm³/mol. The summed E-state index contributed by atoms with van der Waals surface area (Å²) in [5, 5.41) is 30.8. The third-order valence-electron chi connectivity index (χ3n) is 5.48. The van der Waals surface area contributed by atoms with Crippen molar-refractivity contribution in [2.24, 2.45) is 0 Å². The van der Waals surface area contributed by atoms with Crippen LogP contribution >= 0.6 is 0 Å². The Labute approximate surface area is 187 Å². The molecule has 162 valence electrons. The first kappa shape index (κ1) is 21.1. The molecule has 0 amide bonds. The molecule has 3 N–H and O–H groups in total. The molecule has 0 saturated carbocycles. The van der Waals surface area contributed by atoms with Gasteiger partial charge >= 0.3 is 0 Å². The van der Waals surface area contributed by atoms with E-state index >= 15 is 0 Å². The van der Waals surface area contributed by atoms with Crippen LogP contribution in [-0.4, -0.2) is 15.3 Å². The molecule has 0 aliphatic carbocycles. The highest BCUT2D eigenvalue weighted by molar-refractivity contribution is 5.81. The number of benzene rings is 4. The fraction of sp³-hybridized carbons (Fsp3) is 0.111. The summed E-state index contributed by atoms with van der Waals surface area (Å²) in [6.07, 6.45) is 0. The highest BCUT2D eigenvalue weighted by Crippen LogP contribution is 2.44. The topological polar surface area (TPSA) is 73.2 Å². The highest BCUT2D eigenvalue weighted by atomic mass is 16.5. The lowest BCUT2D eigenvalue weighted by Gasteiger charge is -2.28. The molecule has 0 aliphatic rings. The van der Waals surface area contributed by atoms with E-state index in [0.717, 1.165) is 11.1 Å². The number of anilines is 3. The van der Waals surface area contributed by atoms with Gasteiger partial charge in [0.15, 0.2) is 5.75 Å². The number of rotatable bonds is 5. The van der Waals surface area contributed by atoms with Gasteiger partial charge in [-0.15, -0.1) is 0 Å². The van der Waals surface area contributed by atoms with Gasteiger partial charge in [0.25, 0.3) is 0 Å². The summed E-state index contributed by atoms with van der Waals surface area (Å²) in [6, 6.07) is 23.5. The lowest BCUT2D eigenvalue weighted by atomic mass is 10.1. The Hall–Kier alpha value is -4.12. The van der Waals surface area contributed by atoms with Gasteiger partial charge in [-0.05, 0) is 68.3 Å². The van der Waals surface area contributed by atoms with Gasteiger partial charge in [0, 0.05) is 29.1 Å². The van der Waals surface area contributed by atoms with E-state index in [4.69, 9.17) is 4.74 Å². The number of nitrogens with zero attached hydrogens (tertiary/aromatic N) is 1. The second-order valence-electron chi connectivity index (χ2n) is 7.75. The minimum atomic E-state index is 0.156. The van der Waals surface area contributed by atoms with Crippen molar-refractivity contribution in [3.8, 4) is 28.7 Å². The summed E-state index contributed by atoms with van der Waals surface area (Å²) in [7, 11) is 0. The van der Waals surface area contributed by atoms with Crippen LogP contribution in [0.15, 0.2) is 78.9 Å². The smallest absolute Gasteiger partial charge is 0.151 e. The maximum Gasteiger partial charge on any atom is 0.151 e. The highest BCUT2D eigenvalue weighted by Gasteiger charge is 2.19. The molecule has 5 nitrogen and oxygen atoms in total. The van der Waals surface area contributed by atoms with Gasteiger partial charge in [-0.1, -0.05) is 30.3 Å². The van der Waals surface area contributed by atoms with Crippen molar-refractivity contribution in [3.05, 3.63) is 95.6 Å². The maximum atomic E-state index is 10.4. The number of aromatic hydroxyl groups is 3. The van der Waals surface area contributed by atoms with Crippen LogP contribution in [0.5, 0.6) is 28.7 Å². The number of ether oxygens (including phenoxy) is 1. The molecule has 0 spiro atoms. The minimum absolute atomic E-state index is 0.156. The predicted octanol–water partition coefficient (Wildman–Crippen LogP) is 6.99. The van der Waals surface area contributed by atoms with Crippen molar-refractivity contribution in [1.29, 1.82) is 0 Å². The number of phenolic OH excluding ortho intramolecular Hbond substituents is 3. The van der Waals surface area contributed by atoms with Crippen LogP contribution in [-0.2, 0) is 0 Å². The van der Waals surface area contributed by atoms with Crippen LogP contribution in [0.25, 0.3) is 0 Å². The molecule has 5 heteroatoms. The quantitative estimate of drug-likeness (QED) is 0.320. The summed E-state index contributed by atoms with van der Waals surface area (Å²) in [5.41, 5.74) is 4.29. The van der Waals surface area contributed by atoms with E-state index in [9.17, 15) is 15.3 Å². The first-order valence-corrected chi connectivity index (χ1v) is 10.3. The molecule has 0 bridgehead atoms. The zero-order valence-corrected chi connectivity index (χ0v) is 18.2. The number of aryl methyl sites for hydroxylation is 2. The monoisotopic (exact) mass is 427 g/mol. The second kappa shape index (κ2) is 8.55.